The number of nitrogens with zero attached hydrogens (tertiary/aromatic N) is 2. The lowest BCUT2D eigenvalue weighted by molar-refractivity contribution is -0.134. The van der Waals surface area contributed by atoms with Gasteiger partial charge >= 0.3 is 0 Å². The Balaban J connectivity index is 0.00000225. The van der Waals surface area contributed by atoms with Gasteiger partial charge in [-0.05, 0) is 57.2 Å². The average Bonchev–Trinajstić information content (AvgIpc) is 2.63. The van der Waals surface area contributed by atoms with Gasteiger partial charge in [-0.3, -0.25) is 9.69 Å². The number of hydrogen-bond donors (Lipinski definition) is 1. The lowest BCUT2D eigenvalue weighted by Gasteiger charge is -2.36. The van der Waals surface area contributed by atoms with Gasteiger partial charge in [0.15, 0.2) is 0 Å². The standard InChI is InChI=1S/C20H31N3O.ClH/c1-21-19-8-5-11-22(15-19)16-20(24)23-12-9-18(10-13-23)14-17-6-3-2-4-7-17;/h2-4,6-7,18-19,21H,5,8-16H2,1H3;1H. The molecule has 0 spiro atoms. The summed E-state index contributed by atoms with van der Waals surface area (Å²) in [6, 6.07) is 11.3. The van der Waals surface area contributed by atoms with E-state index in [-0.39, 0.29) is 12.4 Å². The van der Waals surface area contributed by atoms with Crippen LogP contribution in [0.15, 0.2) is 30.3 Å². The largest absolute Gasteiger partial charge is 0.342 e. The van der Waals surface area contributed by atoms with Crippen molar-refractivity contribution in [2.24, 2.45) is 5.92 Å². The molecule has 1 amide bonds. The highest BCUT2D eigenvalue weighted by atomic mass is 35.5. The summed E-state index contributed by atoms with van der Waals surface area (Å²) in [6.45, 7) is 4.53. The first-order chi connectivity index (χ1) is 11.7. The average molecular weight is 366 g/mol. The summed E-state index contributed by atoms with van der Waals surface area (Å²) < 4.78 is 0. The first kappa shape index (κ1) is 20.2. The topological polar surface area (TPSA) is 35.6 Å². The summed E-state index contributed by atoms with van der Waals surface area (Å²) in [5, 5.41) is 3.35. The summed E-state index contributed by atoms with van der Waals surface area (Å²) in [5.74, 6) is 1.05. The van der Waals surface area contributed by atoms with Gasteiger partial charge in [-0.2, -0.15) is 0 Å². The van der Waals surface area contributed by atoms with Crippen LogP contribution in [-0.4, -0.2) is 61.5 Å². The molecule has 2 heterocycles. The molecule has 1 N–H and O–H groups in total. The molecular formula is C20H32ClN3O. The third-order valence-corrected chi connectivity index (χ3v) is 5.61. The van der Waals surface area contributed by atoms with Crippen LogP contribution in [0.1, 0.15) is 31.2 Å². The highest BCUT2D eigenvalue weighted by molar-refractivity contribution is 5.85. The van der Waals surface area contributed by atoms with Crippen molar-refractivity contribution in [2.45, 2.75) is 38.1 Å². The zero-order valence-corrected chi connectivity index (χ0v) is 16.1. The molecule has 0 aliphatic carbocycles. The van der Waals surface area contributed by atoms with Crippen LogP contribution in [0.3, 0.4) is 0 Å². The molecule has 5 heteroatoms. The predicted octanol–water partition coefficient (Wildman–Crippen LogP) is 2.57. The Kier molecular flexibility index (Phi) is 8.20. The van der Waals surface area contributed by atoms with Crippen molar-refractivity contribution >= 4 is 18.3 Å². The fourth-order valence-corrected chi connectivity index (χ4v) is 4.06. The Morgan fingerprint density at radius 2 is 1.84 bits per heavy atom. The van der Waals surface area contributed by atoms with Gasteiger partial charge < -0.3 is 10.2 Å². The van der Waals surface area contributed by atoms with Crippen molar-refractivity contribution in [2.75, 3.05) is 39.8 Å². The molecule has 2 saturated heterocycles. The zero-order valence-electron chi connectivity index (χ0n) is 15.3. The van der Waals surface area contributed by atoms with E-state index in [1.807, 2.05) is 7.05 Å². The third-order valence-electron chi connectivity index (χ3n) is 5.61. The smallest absolute Gasteiger partial charge is 0.236 e. The number of carbonyl (C=O) groups excluding carboxylic acids is 1. The second-order valence-corrected chi connectivity index (χ2v) is 7.38. The van der Waals surface area contributed by atoms with E-state index < -0.39 is 0 Å². The van der Waals surface area contributed by atoms with Crippen molar-refractivity contribution in [3.8, 4) is 0 Å². The minimum atomic E-state index is 0. The maximum atomic E-state index is 12.6. The van der Waals surface area contributed by atoms with Crippen LogP contribution >= 0.6 is 12.4 Å². The first-order valence-corrected chi connectivity index (χ1v) is 9.46. The summed E-state index contributed by atoms with van der Waals surface area (Å²) >= 11 is 0. The number of benzene rings is 1. The van der Waals surface area contributed by atoms with Crippen molar-refractivity contribution in [3.63, 3.8) is 0 Å². The predicted molar refractivity (Wildman–Crippen MR) is 105 cm³/mol. The molecule has 2 aliphatic rings. The lowest BCUT2D eigenvalue weighted by atomic mass is 9.90. The number of rotatable bonds is 5. The molecule has 0 radical (unpaired) electrons. The maximum Gasteiger partial charge on any atom is 0.236 e. The highest BCUT2D eigenvalue weighted by Crippen LogP contribution is 2.22. The lowest BCUT2D eigenvalue weighted by Crippen LogP contribution is -2.49. The maximum absolute atomic E-state index is 12.6. The van der Waals surface area contributed by atoms with E-state index in [0.717, 1.165) is 51.4 Å². The molecule has 4 nitrogen and oxygen atoms in total. The molecule has 140 valence electrons. The number of likely N-dealkylation sites (tertiary alicyclic amines) is 2. The molecule has 1 unspecified atom stereocenters. The van der Waals surface area contributed by atoms with Crippen LogP contribution < -0.4 is 5.32 Å². The number of likely N-dealkylation sites (N-methyl/N-ethyl adjacent to an activating group) is 1. The molecule has 2 aliphatic heterocycles. The van der Waals surface area contributed by atoms with Crippen LogP contribution in [0, 0.1) is 5.92 Å². The SMILES string of the molecule is CNC1CCCN(CC(=O)N2CCC(Cc3ccccc3)CC2)C1.Cl. The quantitative estimate of drug-likeness (QED) is 0.871. The first-order valence-electron chi connectivity index (χ1n) is 9.46. The summed E-state index contributed by atoms with van der Waals surface area (Å²) in [7, 11) is 2.02. The van der Waals surface area contributed by atoms with Gasteiger partial charge in [0.05, 0.1) is 6.54 Å². The summed E-state index contributed by atoms with van der Waals surface area (Å²) in [5.41, 5.74) is 1.42. The number of hydrogen-bond acceptors (Lipinski definition) is 3. The molecule has 3 rings (SSSR count). The van der Waals surface area contributed by atoms with Crippen molar-refractivity contribution in [3.05, 3.63) is 35.9 Å². The van der Waals surface area contributed by atoms with E-state index in [0.29, 0.717) is 18.5 Å². The van der Waals surface area contributed by atoms with Crippen LogP contribution in [0.4, 0.5) is 0 Å². The molecule has 0 bridgehead atoms. The van der Waals surface area contributed by atoms with Crippen molar-refractivity contribution in [1.29, 1.82) is 0 Å². The number of nitrogens with one attached hydrogen (secondary N) is 1. The molecule has 1 aromatic rings. The number of carbonyl (C=O) groups is 1. The second kappa shape index (κ2) is 10.1. The Morgan fingerprint density at radius 3 is 2.52 bits per heavy atom. The normalized spacial score (nSPS) is 22.4. The Morgan fingerprint density at radius 1 is 1.12 bits per heavy atom. The molecule has 1 atom stereocenters. The van der Waals surface area contributed by atoms with Crippen LogP contribution in [0.5, 0.6) is 0 Å². The Labute approximate surface area is 158 Å². The van der Waals surface area contributed by atoms with Crippen LogP contribution in [-0.2, 0) is 11.2 Å². The van der Waals surface area contributed by atoms with Crippen molar-refractivity contribution < 1.29 is 4.79 Å². The Hall–Kier alpha value is -1.10. The molecule has 25 heavy (non-hydrogen) atoms. The van der Waals surface area contributed by atoms with E-state index >= 15 is 0 Å². The van der Waals surface area contributed by atoms with Crippen molar-refractivity contribution in [1.82, 2.24) is 15.1 Å². The number of piperidine rings is 2. The molecular weight excluding hydrogens is 334 g/mol. The van der Waals surface area contributed by atoms with Crippen LogP contribution in [0.25, 0.3) is 0 Å². The van der Waals surface area contributed by atoms with Gasteiger partial charge in [0.25, 0.3) is 0 Å². The molecule has 2 fully saturated rings. The zero-order chi connectivity index (χ0) is 16.8. The molecule has 1 aromatic carbocycles. The minimum Gasteiger partial charge on any atom is -0.342 e. The van der Waals surface area contributed by atoms with E-state index in [1.165, 1.54) is 18.4 Å². The monoisotopic (exact) mass is 365 g/mol. The Bertz CT molecular complexity index is 517. The van der Waals surface area contributed by atoms with Gasteiger partial charge in [0.1, 0.15) is 0 Å². The number of amides is 1. The van der Waals surface area contributed by atoms with Gasteiger partial charge in [-0.15, -0.1) is 12.4 Å². The fourth-order valence-electron chi connectivity index (χ4n) is 4.06. The molecule has 0 aromatic heterocycles. The van der Waals surface area contributed by atoms with E-state index in [1.54, 1.807) is 0 Å². The number of halogens is 1. The fraction of sp³-hybridized carbons (Fsp3) is 0.650. The van der Waals surface area contributed by atoms with Crippen LogP contribution in [0.2, 0.25) is 0 Å². The third kappa shape index (κ3) is 5.98. The van der Waals surface area contributed by atoms with E-state index in [4.69, 9.17) is 0 Å². The van der Waals surface area contributed by atoms with E-state index in [2.05, 4.69) is 45.4 Å². The van der Waals surface area contributed by atoms with Gasteiger partial charge in [-0.25, -0.2) is 0 Å². The van der Waals surface area contributed by atoms with Gasteiger partial charge in [-0.1, -0.05) is 30.3 Å². The highest BCUT2D eigenvalue weighted by Gasteiger charge is 2.26. The minimum absolute atomic E-state index is 0. The van der Waals surface area contributed by atoms with Gasteiger partial charge in [0, 0.05) is 25.7 Å². The van der Waals surface area contributed by atoms with Gasteiger partial charge in [0.2, 0.25) is 5.91 Å². The second-order valence-electron chi connectivity index (χ2n) is 7.38. The molecule has 0 saturated carbocycles. The summed E-state index contributed by atoms with van der Waals surface area (Å²) in [6.07, 6.45) is 5.85. The van der Waals surface area contributed by atoms with E-state index in [9.17, 15) is 4.79 Å². The summed E-state index contributed by atoms with van der Waals surface area (Å²) in [4.78, 5) is 17.0.